The molecule has 0 atom stereocenters. The van der Waals surface area contributed by atoms with E-state index in [2.05, 4.69) is 31.0 Å². The topological polar surface area (TPSA) is 68.3 Å². The fourth-order valence-electron chi connectivity index (χ4n) is 0.988. The molecule has 7 heteroatoms. The average molecular weight is 291 g/mol. The SMILES string of the molecule is COC(=O)c1cc(NC(C)=O)c(F)c(Br)n1. The number of carbonyl (C=O) groups is 2. The maximum atomic E-state index is 13.4. The normalized spacial score (nSPS) is 9.75. The molecule has 1 amide bonds. The third-order valence-electron chi connectivity index (χ3n) is 1.62. The molecule has 0 saturated carbocycles. The summed E-state index contributed by atoms with van der Waals surface area (Å²) in [4.78, 5) is 25.6. The number of esters is 1. The molecular weight excluding hydrogens is 283 g/mol. The molecule has 0 aliphatic carbocycles. The van der Waals surface area contributed by atoms with Crippen LogP contribution >= 0.6 is 15.9 Å². The molecule has 1 rings (SSSR count). The molecule has 0 aromatic carbocycles. The van der Waals surface area contributed by atoms with Crippen LogP contribution < -0.4 is 5.32 Å². The van der Waals surface area contributed by atoms with E-state index in [9.17, 15) is 14.0 Å². The van der Waals surface area contributed by atoms with Crippen molar-refractivity contribution in [2.45, 2.75) is 6.92 Å². The number of nitrogens with zero attached hydrogens (tertiary/aromatic N) is 1. The lowest BCUT2D eigenvalue weighted by molar-refractivity contribution is -0.114. The van der Waals surface area contributed by atoms with Crippen molar-refractivity contribution < 1.29 is 18.7 Å². The average Bonchev–Trinajstić information content (AvgIpc) is 2.22. The van der Waals surface area contributed by atoms with Gasteiger partial charge < -0.3 is 10.1 Å². The number of ether oxygens (including phenoxy) is 1. The Balaban J connectivity index is 3.21. The second-order valence-corrected chi connectivity index (χ2v) is 3.58. The second-order valence-electron chi connectivity index (χ2n) is 2.83. The van der Waals surface area contributed by atoms with E-state index in [0.717, 1.165) is 6.07 Å². The standard InChI is InChI=1S/C9H8BrFN2O3/c1-4(14)12-5-3-6(9(15)16-2)13-8(10)7(5)11/h3H,1-2H3,(H,12,13,14). The van der Waals surface area contributed by atoms with E-state index < -0.39 is 17.7 Å². The van der Waals surface area contributed by atoms with Gasteiger partial charge in [-0.05, 0) is 22.0 Å². The number of hydrogen-bond donors (Lipinski definition) is 1. The van der Waals surface area contributed by atoms with E-state index >= 15 is 0 Å². The number of anilines is 1. The lowest BCUT2D eigenvalue weighted by Gasteiger charge is -2.07. The lowest BCUT2D eigenvalue weighted by atomic mass is 10.3. The Morgan fingerprint density at radius 1 is 1.56 bits per heavy atom. The third kappa shape index (κ3) is 2.75. The molecular formula is C9H8BrFN2O3. The summed E-state index contributed by atoms with van der Waals surface area (Å²) in [6.45, 7) is 1.23. The molecule has 16 heavy (non-hydrogen) atoms. The maximum Gasteiger partial charge on any atom is 0.356 e. The molecule has 0 saturated heterocycles. The highest BCUT2D eigenvalue weighted by atomic mass is 79.9. The molecule has 0 aliphatic rings. The van der Waals surface area contributed by atoms with Crippen LogP contribution in [0.5, 0.6) is 0 Å². The summed E-state index contributed by atoms with van der Waals surface area (Å²) in [6, 6.07) is 1.10. The Bertz CT molecular complexity index is 451. The first kappa shape index (κ1) is 12.6. The molecule has 0 fully saturated rings. The predicted octanol–water partition coefficient (Wildman–Crippen LogP) is 1.73. The molecule has 1 aromatic rings. The van der Waals surface area contributed by atoms with Gasteiger partial charge in [0.15, 0.2) is 11.5 Å². The van der Waals surface area contributed by atoms with Gasteiger partial charge in [-0.1, -0.05) is 0 Å². The highest BCUT2D eigenvalue weighted by molar-refractivity contribution is 9.10. The quantitative estimate of drug-likeness (QED) is 0.665. The first-order valence-corrected chi connectivity index (χ1v) is 4.97. The van der Waals surface area contributed by atoms with Crippen LogP contribution in [0.15, 0.2) is 10.7 Å². The van der Waals surface area contributed by atoms with Crippen LogP contribution in [-0.2, 0) is 9.53 Å². The Hall–Kier alpha value is -1.50. The van der Waals surface area contributed by atoms with Gasteiger partial charge in [0.05, 0.1) is 12.8 Å². The smallest absolute Gasteiger partial charge is 0.356 e. The highest BCUT2D eigenvalue weighted by Gasteiger charge is 2.16. The summed E-state index contributed by atoms with van der Waals surface area (Å²) in [5.41, 5.74) is -0.227. The van der Waals surface area contributed by atoms with E-state index in [-0.39, 0.29) is 16.0 Å². The number of pyridine rings is 1. The fraction of sp³-hybridized carbons (Fsp3) is 0.222. The zero-order chi connectivity index (χ0) is 12.3. The first-order chi connectivity index (χ1) is 7.45. The van der Waals surface area contributed by atoms with Crippen LogP contribution in [0.3, 0.4) is 0 Å². The number of hydrogen-bond acceptors (Lipinski definition) is 4. The van der Waals surface area contributed by atoms with Gasteiger partial charge in [0.1, 0.15) is 4.60 Å². The summed E-state index contributed by atoms with van der Waals surface area (Å²) >= 11 is 2.84. The molecule has 1 heterocycles. The number of rotatable bonds is 2. The number of carbonyl (C=O) groups excluding carboxylic acids is 2. The lowest BCUT2D eigenvalue weighted by Crippen LogP contribution is -2.12. The Morgan fingerprint density at radius 2 is 2.19 bits per heavy atom. The predicted molar refractivity (Wildman–Crippen MR) is 57.5 cm³/mol. The zero-order valence-electron chi connectivity index (χ0n) is 8.51. The van der Waals surface area contributed by atoms with Crippen molar-refractivity contribution in [1.82, 2.24) is 4.98 Å². The van der Waals surface area contributed by atoms with Gasteiger partial charge in [-0.3, -0.25) is 4.79 Å². The monoisotopic (exact) mass is 290 g/mol. The van der Waals surface area contributed by atoms with Gasteiger partial charge in [-0.15, -0.1) is 0 Å². The van der Waals surface area contributed by atoms with Gasteiger partial charge >= 0.3 is 5.97 Å². The molecule has 0 bridgehead atoms. The highest BCUT2D eigenvalue weighted by Crippen LogP contribution is 2.22. The third-order valence-corrected chi connectivity index (χ3v) is 2.15. The second kappa shape index (κ2) is 5.02. The van der Waals surface area contributed by atoms with E-state index in [4.69, 9.17) is 0 Å². The summed E-state index contributed by atoms with van der Waals surface area (Å²) in [5, 5.41) is 2.24. The molecule has 1 aromatic heterocycles. The zero-order valence-corrected chi connectivity index (χ0v) is 10.1. The van der Waals surface area contributed by atoms with Crippen molar-refractivity contribution in [2.24, 2.45) is 0 Å². The van der Waals surface area contributed by atoms with E-state index in [1.54, 1.807) is 0 Å². The van der Waals surface area contributed by atoms with Crippen LogP contribution in [0.1, 0.15) is 17.4 Å². The number of amides is 1. The van der Waals surface area contributed by atoms with E-state index in [0.29, 0.717) is 0 Å². The van der Waals surface area contributed by atoms with Crippen molar-refractivity contribution in [3.05, 3.63) is 22.2 Å². The van der Waals surface area contributed by atoms with Crippen LogP contribution in [0.2, 0.25) is 0 Å². The van der Waals surface area contributed by atoms with Crippen molar-refractivity contribution in [2.75, 3.05) is 12.4 Å². The van der Waals surface area contributed by atoms with E-state index in [1.165, 1.54) is 14.0 Å². The number of aromatic nitrogens is 1. The Kier molecular flexibility index (Phi) is 3.94. The molecule has 0 aliphatic heterocycles. The molecule has 86 valence electrons. The summed E-state index contributed by atoms with van der Waals surface area (Å²) in [7, 11) is 1.18. The van der Waals surface area contributed by atoms with Crippen LogP contribution in [0, 0.1) is 5.82 Å². The summed E-state index contributed by atoms with van der Waals surface area (Å²) < 4.78 is 17.7. The van der Waals surface area contributed by atoms with Crippen molar-refractivity contribution >= 4 is 33.5 Å². The van der Waals surface area contributed by atoms with Gasteiger partial charge in [0, 0.05) is 6.92 Å². The molecule has 0 spiro atoms. The number of nitrogens with one attached hydrogen (secondary N) is 1. The van der Waals surface area contributed by atoms with Gasteiger partial charge in [0.2, 0.25) is 5.91 Å². The Morgan fingerprint density at radius 3 is 2.69 bits per heavy atom. The van der Waals surface area contributed by atoms with Gasteiger partial charge in [0.25, 0.3) is 0 Å². The molecule has 0 radical (unpaired) electrons. The van der Waals surface area contributed by atoms with Gasteiger partial charge in [-0.2, -0.15) is 0 Å². The van der Waals surface area contributed by atoms with Gasteiger partial charge in [-0.25, -0.2) is 14.2 Å². The van der Waals surface area contributed by atoms with Crippen molar-refractivity contribution in [3.8, 4) is 0 Å². The molecule has 0 unspecified atom stereocenters. The molecule has 5 nitrogen and oxygen atoms in total. The van der Waals surface area contributed by atoms with Crippen LogP contribution in [0.25, 0.3) is 0 Å². The first-order valence-electron chi connectivity index (χ1n) is 4.17. The minimum atomic E-state index is -0.747. The fourth-order valence-corrected chi connectivity index (χ4v) is 1.39. The molecule has 1 N–H and O–H groups in total. The summed E-state index contributed by atoms with van der Waals surface area (Å²) in [6.07, 6.45) is 0. The number of halogens is 2. The van der Waals surface area contributed by atoms with Crippen LogP contribution in [0.4, 0.5) is 10.1 Å². The van der Waals surface area contributed by atoms with Crippen LogP contribution in [-0.4, -0.2) is 24.0 Å². The van der Waals surface area contributed by atoms with Crippen molar-refractivity contribution in [3.63, 3.8) is 0 Å². The number of methoxy groups -OCH3 is 1. The Labute approximate surface area is 99.1 Å². The minimum Gasteiger partial charge on any atom is -0.464 e. The summed E-state index contributed by atoms with van der Waals surface area (Å²) in [5.74, 6) is -1.91. The van der Waals surface area contributed by atoms with E-state index in [1.807, 2.05) is 0 Å². The van der Waals surface area contributed by atoms with Crippen molar-refractivity contribution in [1.29, 1.82) is 0 Å². The minimum absolute atomic E-state index is 0.0977. The largest absolute Gasteiger partial charge is 0.464 e. The maximum absolute atomic E-state index is 13.4.